The van der Waals surface area contributed by atoms with Gasteiger partial charge in [0.2, 0.25) is 0 Å². The molecule has 0 aliphatic heterocycles. The molecule has 2 heteroatoms. The normalized spacial score (nSPS) is 12.9. The molecule has 0 amide bonds. The number of aldehydes is 1. The van der Waals surface area contributed by atoms with Crippen molar-refractivity contribution in [3.63, 3.8) is 0 Å². The zero-order valence-corrected chi connectivity index (χ0v) is 8.32. The summed E-state index contributed by atoms with van der Waals surface area (Å²) in [6.45, 7) is 4.35. The summed E-state index contributed by atoms with van der Waals surface area (Å²) in [6.07, 6.45) is 5.36. The van der Waals surface area contributed by atoms with Gasteiger partial charge in [-0.3, -0.25) is 0 Å². The van der Waals surface area contributed by atoms with Crippen LogP contribution in [-0.2, 0) is 4.79 Å². The van der Waals surface area contributed by atoms with Gasteiger partial charge < -0.3 is 4.79 Å². The quantitative estimate of drug-likeness (QED) is 0.552. The minimum atomic E-state index is 0.581. The minimum Gasteiger partial charge on any atom is -0.303 e. The van der Waals surface area contributed by atoms with Crippen LogP contribution < -0.4 is 0 Å². The first kappa shape index (κ1) is 11.0. The predicted molar refractivity (Wildman–Crippen MR) is 52.1 cm³/mol. The van der Waals surface area contributed by atoms with Crippen molar-refractivity contribution in [1.29, 1.82) is 0 Å². The van der Waals surface area contributed by atoms with Crippen LogP contribution in [0.15, 0.2) is 0 Å². The Morgan fingerprint density at radius 1 is 1.36 bits per heavy atom. The van der Waals surface area contributed by atoms with Crippen LogP contribution in [0.4, 0.5) is 0 Å². The maximum atomic E-state index is 10.2. The van der Waals surface area contributed by atoms with Crippen molar-refractivity contribution in [3.8, 4) is 0 Å². The van der Waals surface area contributed by atoms with Crippen molar-refractivity contribution in [1.82, 2.24) is 0 Å². The smallest absolute Gasteiger partial charge is 0.121 e. The third-order valence-corrected chi connectivity index (χ3v) is 3.07. The first-order chi connectivity index (χ1) is 5.35. The van der Waals surface area contributed by atoms with Crippen LogP contribution in [0.3, 0.4) is 0 Å². The number of carbonyl (C=O) groups is 1. The fourth-order valence-corrected chi connectivity index (χ4v) is 2.17. The average molecular weight is 174 g/mol. The molecule has 0 spiro atoms. The van der Waals surface area contributed by atoms with Gasteiger partial charge in [0.15, 0.2) is 0 Å². The van der Waals surface area contributed by atoms with Gasteiger partial charge in [-0.25, -0.2) is 0 Å². The average Bonchev–Trinajstić information content (AvgIpc) is 2.01. The SMILES string of the molecule is CCCSC(CC=O)CCC. The molecule has 0 aromatic rings. The molecule has 11 heavy (non-hydrogen) atoms. The van der Waals surface area contributed by atoms with Crippen LogP contribution in [0, 0.1) is 0 Å². The number of thioether (sulfide) groups is 1. The van der Waals surface area contributed by atoms with E-state index in [1.165, 1.54) is 25.0 Å². The molecule has 1 atom stereocenters. The Balaban J connectivity index is 3.41. The fraction of sp³-hybridized carbons (Fsp3) is 0.889. The van der Waals surface area contributed by atoms with E-state index in [0.29, 0.717) is 5.25 Å². The van der Waals surface area contributed by atoms with Crippen molar-refractivity contribution in [2.24, 2.45) is 0 Å². The summed E-state index contributed by atoms with van der Waals surface area (Å²) in [5.41, 5.74) is 0. The summed E-state index contributed by atoms with van der Waals surface area (Å²) in [7, 11) is 0. The second kappa shape index (κ2) is 8.12. The molecule has 0 aromatic heterocycles. The molecular formula is C9H18OS. The topological polar surface area (TPSA) is 17.1 Å². The second-order valence-corrected chi connectivity index (χ2v) is 4.09. The second-order valence-electron chi connectivity index (χ2n) is 2.68. The molecule has 0 aliphatic carbocycles. The number of rotatable bonds is 7. The summed E-state index contributed by atoms with van der Waals surface area (Å²) in [5, 5.41) is 0.581. The molecule has 0 N–H and O–H groups in total. The molecule has 0 aliphatic rings. The maximum Gasteiger partial charge on any atom is 0.121 e. The summed E-state index contributed by atoms with van der Waals surface area (Å²) < 4.78 is 0. The predicted octanol–water partition coefficient (Wildman–Crippen LogP) is 2.89. The number of hydrogen-bond acceptors (Lipinski definition) is 2. The van der Waals surface area contributed by atoms with Crippen molar-refractivity contribution < 1.29 is 4.79 Å². The van der Waals surface area contributed by atoms with Gasteiger partial charge in [-0.1, -0.05) is 20.3 Å². The van der Waals surface area contributed by atoms with Gasteiger partial charge in [0, 0.05) is 11.7 Å². The lowest BCUT2D eigenvalue weighted by Crippen LogP contribution is -2.03. The highest BCUT2D eigenvalue weighted by atomic mass is 32.2. The lowest BCUT2D eigenvalue weighted by atomic mass is 10.2. The highest BCUT2D eigenvalue weighted by Crippen LogP contribution is 2.19. The van der Waals surface area contributed by atoms with Gasteiger partial charge >= 0.3 is 0 Å². The van der Waals surface area contributed by atoms with Crippen LogP contribution in [0.1, 0.15) is 39.5 Å². The molecule has 66 valence electrons. The largest absolute Gasteiger partial charge is 0.303 e. The highest BCUT2D eigenvalue weighted by Gasteiger charge is 2.05. The molecule has 1 unspecified atom stereocenters. The van der Waals surface area contributed by atoms with E-state index < -0.39 is 0 Å². The standard InChI is InChI=1S/C9H18OS/c1-3-5-9(6-7-10)11-8-4-2/h7,9H,3-6,8H2,1-2H3. The molecule has 0 heterocycles. The van der Waals surface area contributed by atoms with Crippen molar-refractivity contribution >= 4 is 18.0 Å². The van der Waals surface area contributed by atoms with Gasteiger partial charge in [-0.2, -0.15) is 11.8 Å². The van der Waals surface area contributed by atoms with Crippen LogP contribution in [0.2, 0.25) is 0 Å². The summed E-state index contributed by atoms with van der Waals surface area (Å²) >= 11 is 1.94. The van der Waals surface area contributed by atoms with Crippen molar-refractivity contribution in [3.05, 3.63) is 0 Å². The molecule has 0 bridgehead atoms. The first-order valence-corrected chi connectivity index (χ1v) is 5.45. The Bertz CT molecular complexity index is 93.6. The maximum absolute atomic E-state index is 10.2. The molecule has 0 rings (SSSR count). The Kier molecular flexibility index (Phi) is 8.13. The summed E-state index contributed by atoms with van der Waals surface area (Å²) in [6, 6.07) is 0. The molecular weight excluding hydrogens is 156 g/mol. The van der Waals surface area contributed by atoms with Crippen molar-refractivity contribution in [2.45, 2.75) is 44.8 Å². The van der Waals surface area contributed by atoms with Gasteiger partial charge in [-0.05, 0) is 18.6 Å². The molecule has 0 aromatic carbocycles. The highest BCUT2D eigenvalue weighted by molar-refractivity contribution is 7.99. The van der Waals surface area contributed by atoms with E-state index in [1.54, 1.807) is 0 Å². The van der Waals surface area contributed by atoms with E-state index in [9.17, 15) is 4.79 Å². The molecule has 0 saturated heterocycles. The van der Waals surface area contributed by atoms with E-state index in [-0.39, 0.29) is 0 Å². The Hall–Kier alpha value is 0.0200. The van der Waals surface area contributed by atoms with Gasteiger partial charge in [0.25, 0.3) is 0 Å². The molecule has 0 radical (unpaired) electrons. The van der Waals surface area contributed by atoms with Crippen LogP contribution >= 0.6 is 11.8 Å². The fourth-order valence-electron chi connectivity index (χ4n) is 0.983. The van der Waals surface area contributed by atoms with E-state index in [0.717, 1.165) is 12.7 Å². The van der Waals surface area contributed by atoms with Gasteiger partial charge in [-0.15, -0.1) is 0 Å². The first-order valence-electron chi connectivity index (χ1n) is 4.40. The third-order valence-electron chi connectivity index (χ3n) is 1.53. The summed E-state index contributed by atoms with van der Waals surface area (Å²) in [5.74, 6) is 1.19. The van der Waals surface area contributed by atoms with Gasteiger partial charge in [0.05, 0.1) is 0 Å². The van der Waals surface area contributed by atoms with Crippen LogP contribution in [0.5, 0.6) is 0 Å². The number of hydrogen-bond donors (Lipinski definition) is 0. The van der Waals surface area contributed by atoms with Crippen LogP contribution in [-0.4, -0.2) is 17.3 Å². The zero-order valence-electron chi connectivity index (χ0n) is 7.51. The van der Waals surface area contributed by atoms with Gasteiger partial charge in [0.1, 0.15) is 6.29 Å². The van der Waals surface area contributed by atoms with E-state index in [1.807, 2.05) is 11.8 Å². The lowest BCUT2D eigenvalue weighted by Gasteiger charge is -2.10. The monoisotopic (exact) mass is 174 g/mol. The Morgan fingerprint density at radius 2 is 2.09 bits per heavy atom. The van der Waals surface area contributed by atoms with E-state index in [2.05, 4.69) is 13.8 Å². The minimum absolute atomic E-state index is 0.581. The molecule has 0 fully saturated rings. The van der Waals surface area contributed by atoms with E-state index in [4.69, 9.17) is 0 Å². The van der Waals surface area contributed by atoms with Crippen LogP contribution in [0.25, 0.3) is 0 Å². The molecule has 1 nitrogen and oxygen atoms in total. The lowest BCUT2D eigenvalue weighted by molar-refractivity contribution is -0.107. The van der Waals surface area contributed by atoms with Crippen molar-refractivity contribution in [2.75, 3.05) is 5.75 Å². The van der Waals surface area contributed by atoms with E-state index >= 15 is 0 Å². The summed E-state index contributed by atoms with van der Waals surface area (Å²) in [4.78, 5) is 10.2. The number of carbonyl (C=O) groups excluding carboxylic acids is 1. The molecule has 0 saturated carbocycles. The Morgan fingerprint density at radius 3 is 2.55 bits per heavy atom. The Labute approximate surface area is 73.9 Å². The zero-order chi connectivity index (χ0) is 8.53. The third kappa shape index (κ3) is 6.42.